The number of hydrogen-bond donors (Lipinski definition) is 0. The SMILES string of the molecule is Cc1ccc(C(=O)N(C)CCc2ccccn2)cn1. The Hall–Kier alpha value is -2.23. The van der Waals surface area contributed by atoms with Gasteiger partial charge in [-0.05, 0) is 31.2 Å². The van der Waals surface area contributed by atoms with E-state index in [2.05, 4.69) is 9.97 Å². The number of hydrogen-bond acceptors (Lipinski definition) is 3. The van der Waals surface area contributed by atoms with Crippen molar-refractivity contribution in [2.75, 3.05) is 13.6 Å². The zero-order valence-corrected chi connectivity index (χ0v) is 11.2. The van der Waals surface area contributed by atoms with E-state index < -0.39 is 0 Å². The summed E-state index contributed by atoms with van der Waals surface area (Å²) in [5.74, 6) is -0.0107. The summed E-state index contributed by atoms with van der Waals surface area (Å²) in [4.78, 5) is 22.2. The van der Waals surface area contributed by atoms with Crippen molar-refractivity contribution >= 4 is 5.91 Å². The number of pyridine rings is 2. The van der Waals surface area contributed by atoms with Crippen LogP contribution in [0.2, 0.25) is 0 Å². The van der Waals surface area contributed by atoms with Gasteiger partial charge in [-0.3, -0.25) is 14.8 Å². The lowest BCUT2D eigenvalue weighted by Gasteiger charge is -2.16. The van der Waals surface area contributed by atoms with Crippen LogP contribution < -0.4 is 0 Å². The van der Waals surface area contributed by atoms with Crippen LogP contribution >= 0.6 is 0 Å². The van der Waals surface area contributed by atoms with Crippen molar-refractivity contribution in [2.45, 2.75) is 13.3 Å². The van der Waals surface area contributed by atoms with E-state index in [0.717, 1.165) is 17.8 Å². The molecule has 0 aromatic carbocycles. The van der Waals surface area contributed by atoms with Crippen LogP contribution in [-0.2, 0) is 6.42 Å². The van der Waals surface area contributed by atoms with E-state index in [0.29, 0.717) is 12.1 Å². The summed E-state index contributed by atoms with van der Waals surface area (Å²) in [6, 6.07) is 9.46. The van der Waals surface area contributed by atoms with Gasteiger partial charge < -0.3 is 4.90 Å². The second-order valence-electron chi connectivity index (χ2n) is 4.49. The molecule has 0 fully saturated rings. The molecule has 0 radical (unpaired) electrons. The summed E-state index contributed by atoms with van der Waals surface area (Å²) in [6.07, 6.45) is 4.14. The molecule has 4 nitrogen and oxygen atoms in total. The van der Waals surface area contributed by atoms with Gasteiger partial charge in [0.25, 0.3) is 5.91 Å². The van der Waals surface area contributed by atoms with Crippen LogP contribution in [0.15, 0.2) is 42.7 Å². The van der Waals surface area contributed by atoms with Crippen LogP contribution in [0, 0.1) is 6.92 Å². The zero-order chi connectivity index (χ0) is 13.7. The van der Waals surface area contributed by atoms with Crippen molar-refractivity contribution in [3.63, 3.8) is 0 Å². The minimum absolute atomic E-state index is 0.0107. The summed E-state index contributed by atoms with van der Waals surface area (Å²) >= 11 is 0. The Morgan fingerprint density at radius 3 is 2.68 bits per heavy atom. The molecule has 1 amide bonds. The number of aromatic nitrogens is 2. The Morgan fingerprint density at radius 1 is 1.21 bits per heavy atom. The van der Waals surface area contributed by atoms with Crippen molar-refractivity contribution in [2.24, 2.45) is 0 Å². The monoisotopic (exact) mass is 255 g/mol. The zero-order valence-electron chi connectivity index (χ0n) is 11.2. The minimum atomic E-state index is -0.0107. The molecular formula is C15H17N3O. The maximum atomic E-state index is 12.1. The first-order chi connectivity index (χ1) is 9.16. The number of carbonyl (C=O) groups is 1. The average molecular weight is 255 g/mol. The second-order valence-corrected chi connectivity index (χ2v) is 4.49. The van der Waals surface area contributed by atoms with Crippen LogP contribution in [0.4, 0.5) is 0 Å². The third kappa shape index (κ3) is 3.61. The molecule has 2 aromatic heterocycles. The summed E-state index contributed by atoms with van der Waals surface area (Å²) in [5, 5.41) is 0. The highest BCUT2D eigenvalue weighted by molar-refractivity contribution is 5.93. The van der Waals surface area contributed by atoms with E-state index in [1.807, 2.05) is 37.3 Å². The molecule has 19 heavy (non-hydrogen) atoms. The van der Waals surface area contributed by atoms with Crippen LogP contribution in [0.25, 0.3) is 0 Å². The fourth-order valence-electron chi connectivity index (χ4n) is 1.74. The highest BCUT2D eigenvalue weighted by Crippen LogP contribution is 2.04. The number of carbonyl (C=O) groups excluding carboxylic acids is 1. The van der Waals surface area contributed by atoms with Crippen molar-refractivity contribution in [3.8, 4) is 0 Å². The van der Waals surface area contributed by atoms with E-state index >= 15 is 0 Å². The number of likely N-dealkylation sites (N-methyl/N-ethyl adjacent to an activating group) is 1. The fraction of sp³-hybridized carbons (Fsp3) is 0.267. The normalized spacial score (nSPS) is 10.2. The lowest BCUT2D eigenvalue weighted by molar-refractivity contribution is 0.0796. The fourth-order valence-corrected chi connectivity index (χ4v) is 1.74. The van der Waals surface area contributed by atoms with Gasteiger partial charge in [0.1, 0.15) is 0 Å². The smallest absolute Gasteiger partial charge is 0.255 e. The van der Waals surface area contributed by atoms with Gasteiger partial charge in [-0.2, -0.15) is 0 Å². The van der Waals surface area contributed by atoms with Crippen LogP contribution in [-0.4, -0.2) is 34.4 Å². The topological polar surface area (TPSA) is 46.1 Å². The van der Waals surface area contributed by atoms with Gasteiger partial charge in [-0.15, -0.1) is 0 Å². The first-order valence-corrected chi connectivity index (χ1v) is 6.25. The molecule has 4 heteroatoms. The molecule has 0 aliphatic carbocycles. The molecule has 0 aliphatic rings. The Kier molecular flexibility index (Phi) is 4.23. The van der Waals surface area contributed by atoms with Crippen LogP contribution in [0.3, 0.4) is 0 Å². The lowest BCUT2D eigenvalue weighted by Crippen LogP contribution is -2.29. The van der Waals surface area contributed by atoms with Gasteiger partial charge in [-0.1, -0.05) is 6.07 Å². The maximum absolute atomic E-state index is 12.1. The molecule has 0 spiro atoms. The number of nitrogens with zero attached hydrogens (tertiary/aromatic N) is 3. The third-order valence-corrected chi connectivity index (χ3v) is 2.93. The quantitative estimate of drug-likeness (QED) is 0.840. The Balaban J connectivity index is 1.94. The predicted molar refractivity (Wildman–Crippen MR) is 73.9 cm³/mol. The van der Waals surface area contributed by atoms with Crippen molar-refractivity contribution < 1.29 is 4.79 Å². The molecule has 0 N–H and O–H groups in total. The molecule has 2 rings (SSSR count). The number of amides is 1. The van der Waals surface area contributed by atoms with Gasteiger partial charge in [0.15, 0.2) is 0 Å². The molecule has 0 saturated carbocycles. The van der Waals surface area contributed by atoms with Gasteiger partial charge in [0.05, 0.1) is 5.56 Å². The minimum Gasteiger partial charge on any atom is -0.341 e. The first-order valence-electron chi connectivity index (χ1n) is 6.25. The number of rotatable bonds is 4. The molecular weight excluding hydrogens is 238 g/mol. The molecule has 98 valence electrons. The van der Waals surface area contributed by atoms with Gasteiger partial charge in [0.2, 0.25) is 0 Å². The van der Waals surface area contributed by atoms with Crippen LogP contribution in [0.5, 0.6) is 0 Å². The first kappa shape index (κ1) is 13.2. The molecule has 0 atom stereocenters. The van der Waals surface area contributed by atoms with Gasteiger partial charge in [0, 0.05) is 43.8 Å². The van der Waals surface area contributed by atoms with E-state index in [4.69, 9.17) is 0 Å². The molecule has 0 aliphatic heterocycles. The molecule has 0 saturated heterocycles. The third-order valence-electron chi connectivity index (χ3n) is 2.93. The van der Waals surface area contributed by atoms with E-state index in [1.54, 1.807) is 24.3 Å². The Morgan fingerprint density at radius 2 is 2.05 bits per heavy atom. The lowest BCUT2D eigenvalue weighted by atomic mass is 10.2. The standard InChI is InChI=1S/C15H17N3O/c1-12-6-7-13(11-17-12)15(19)18(2)10-8-14-5-3-4-9-16-14/h3-7,9,11H,8,10H2,1-2H3. The summed E-state index contributed by atoms with van der Waals surface area (Å²) < 4.78 is 0. The van der Waals surface area contributed by atoms with Gasteiger partial charge in [-0.25, -0.2) is 0 Å². The van der Waals surface area contributed by atoms with Gasteiger partial charge >= 0.3 is 0 Å². The molecule has 0 unspecified atom stereocenters. The van der Waals surface area contributed by atoms with Crippen molar-refractivity contribution in [3.05, 3.63) is 59.7 Å². The Bertz CT molecular complexity index is 537. The second kappa shape index (κ2) is 6.09. The van der Waals surface area contributed by atoms with Crippen LogP contribution in [0.1, 0.15) is 21.7 Å². The number of aryl methyl sites for hydroxylation is 1. The molecule has 0 bridgehead atoms. The van der Waals surface area contributed by atoms with Crippen molar-refractivity contribution in [1.29, 1.82) is 0 Å². The van der Waals surface area contributed by atoms with Crippen molar-refractivity contribution in [1.82, 2.24) is 14.9 Å². The largest absolute Gasteiger partial charge is 0.341 e. The summed E-state index contributed by atoms with van der Waals surface area (Å²) in [5.41, 5.74) is 2.52. The molecule has 2 heterocycles. The maximum Gasteiger partial charge on any atom is 0.255 e. The Labute approximate surface area is 113 Å². The average Bonchev–Trinajstić information content (AvgIpc) is 2.46. The summed E-state index contributed by atoms with van der Waals surface area (Å²) in [6.45, 7) is 2.54. The van der Waals surface area contributed by atoms with E-state index in [-0.39, 0.29) is 5.91 Å². The van der Waals surface area contributed by atoms with E-state index in [1.165, 1.54) is 0 Å². The predicted octanol–water partition coefficient (Wildman–Crippen LogP) is 2.10. The van der Waals surface area contributed by atoms with E-state index in [9.17, 15) is 4.79 Å². The highest BCUT2D eigenvalue weighted by Gasteiger charge is 2.11. The molecule has 2 aromatic rings. The highest BCUT2D eigenvalue weighted by atomic mass is 16.2. The summed E-state index contributed by atoms with van der Waals surface area (Å²) in [7, 11) is 1.80.